The Balaban J connectivity index is 3.19. The average molecular weight is 271 g/mol. The maximum absolute atomic E-state index is 2.53. The summed E-state index contributed by atoms with van der Waals surface area (Å²) in [5, 5.41) is 0. The van der Waals surface area contributed by atoms with Gasteiger partial charge < -0.3 is 9.80 Å². The molecule has 0 aromatic carbocycles. The van der Waals surface area contributed by atoms with Crippen LogP contribution in [0.15, 0.2) is 0 Å². The van der Waals surface area contributed by atoms with Gasteiger partial charge in [0.1, 0.15) is 0 Å². The number of nitrogens with zero attached hydrogens (tertiary/aromatic N) is 2. The van der Waals surface area contributed by atoms with Gasteiger partial charge in [-0.05, 0) is 52.1 Å². The SMILES string of the molecule is CCN(CC)CCCCCCCCCN(CC)CC. The third-order valence-corrected chi connectivity index (χ3v) is 4.24. The van der Waals surface area contributed by atoms with Gasteiger partial charge in [-0.1, -0.05) is 59.8 Å². The molecular weight excluding hydrogens is 232 g/mol. The van der Waals surface area contributed by atoms with Crippen molar-refractivity contribution >= 4 is 0 Å². The van der Waals surface area contributed by atoms with Gasteiger partial charge in [0.2, 0.25) is 0 Å². The minimum Gasteiger partial charge on any atom is -0.304 e. The zero-order valence-electron chi connectivity index (χ0n) is 14.1. The number of hydrogen-bond acceptors (Lipinski definition) is 2. The third kappa shape index (κ3) is 11.4. The summed E-state index contributed by atoms with van der Waals surface area (Å²) >= 11 is 0. The van der Waals surface area contributed by atoms with E-state index in [0.717, 1.165) is 0 Å². The van der Waals surface area contributed by atoms with Gasteiger partial charge in [0.15, 0.2) is 0 Å². The Morgan fingerprint density at radius 2 is 0.684 bits per heavy atom. The van der Waals surface area contributed by atoms with E-state index in [1.54, 1.807) is 0 Å². The Morgan fingerprint density at radius 1 is 0.421 bits per heavy atom. The molecule has 19 heavy (non-hydrogen) atoms. The van der Waals surface area contributed by atoms with Gasteiger partial charge in [0, 0.05) is 0 Å². The summed E-state index contributed by atoms with van der Waals surface area (Å²) in [6.45, 7) is 16.5. The molecule has 0 aliphatic carbocycles. The van der Waals surface area contributed by atoms with E-state index in [-0.39, 0.29) is 0 Å². The van der Waals surface area contributed by atoms with Crippen molar-refractivity contribution in [3.05, 3.63) is 0 Å². The van der Waals surface area contributed by atoms with Crippen molar-refractivity contribution in [2.75, 3.05) is 39.3 Å². The van der Waals surface area contributed by atoms with Crippen molar-refractivity contribution < 1.29 is 0 Å². The van der Waals surface area contributed by atoms with Crippen LogP contribution in [0.1, 0.15) is 72.6 Å². The van der Waals surface area contributed by atoms with Crippen LogP contribution in [0.4, 0.5) is 0 Å². The summed E-state index contributed by atoms with van der Waals surface area (Å²) in [7, 11) is 0. The van der Waals surface area contributed by atoms with Crippen molar-refractivity contribution in [3.63, 3.8) is 0 Å². The Labute approximate surface area is 122 Å². The fraction of sp³-hybridized carbons (Fsp3) is 1.00. The summed E-state index contributed by atoms with van der Waals surface area (Å²) in [6, 6.07) is 0. The molecule has 0 fully saturated rings. The molecule has 0 aliphatic rings. The van der Waals surface area contributed by atoms with Gasteiger partial charge in [0.05, 0.1) is 0 Å². The maximum Gasteiger partial charge on any atom is -0.00190 e. The van der Waals surface area contributed by atoms with E-state index in [2.05, 4.69) is 37.5 Å². The fourth-order valence-corrected chi connectivity index (χ4v) is 2.63. The molecule has 0 amide bonds. The largest absolute Gasteiger partial charge is 0.304 e. The summed E-state index contributed by atoms with van der Waals surface area (Å²) in [5.74, 6) is 0. The first-order valence-electron chi connectivity index (χ1n) is 8.73. The standard InChI is InChI=1S/C17H38N2/c1-5-18(6-2)16-14-12-10-9-11-13-15-17-19(7-3)8-4/h5-17H2,1-4H3. The number of rotatable bonds is 14. The van der Waals surface area contributed by atoms with Gasteiger partial charge in [-0.25, -0.2) is 0 Å². The van der Waals surface area contributed by atoms with E-state index in [1.807, 2.05) is 0 Å². The Kier molecular flexibility index (Phi) is 14.3. The Bertz CT molecular complexity index is 145. The van der Waals surface area contributed by atoms with Crippen LogP contribution >= 0.6 is 0 Å². The van der Waals surface area contributed by atoms with Crippen LogP contribution in [0.25, 0.3) is 0 Å². The third-order valence-electron chi connectivity index (χ3n) is 4.24. The summed E-state index contributed by atoms with van der Waals surface area (Å²) in [6.07, 6.45) is 9.94. The predicted molar refractivity (Wildman–Crippen MR) is 87.9 cm³/mol. The zero-order valence-corrected chi connectivity index (χ0v) is 14.1. The molecule has 0 saturated heterocycles. The number of unbranched alkanes of at least 4 members (excludes halogenated alkanes) is 6. The van der Waals surface area contributed by atoms with E-state index in [4.69, 9.17) is 0 Å². The van der Waals surface area contributed by atoms with Crippen molar-refractivity contribution in [1.82, 2.24) is 9.80 Å². The highest BCUT2D eigenvalue weighted by atomic mass is 15.1. The molecule has 0 unspecified atom stereocenters. The highest BCUT2D eigenvalue weighted by molar-refractivity contribution is 4.55. The van der Waals surface area contributed by atoms with Crippen molar-refractivity contribution in [1.29, 1.82) is 0 Å². The molecule has 0 radical (unpaired) electrons. The highest BCUT2D eigenvalue weighted by Crippen LogP contribution is 2.08. The van der Waals surface area contributed by atoms with Crippen LogP contribution in [0.2, 0.25) is 0 Å². The van der Waals surface area contributed by atoms with Crippen molar-refractivity contribution in [3.8, 4) is 0 Å². The molecule has 0 aromatic rings. The van der Waals surface area contributed by atoms with Crippen LogP contribution in [0.5, 0.6) is 0 Å². The first kappa shape index (κ1) is 18.9. The average Bonchev–Trinajstić information content (AvgIpc) is 2.45. The van der Waals surface area contributed by atoms with Gasteiger partial charge in [-0.3, -0.25) is 0 Å². The first-order valence-corrected chi connectivity index (χ1v) is 8.73. The first-order chi connectivity index (χ1) is 9.28. The molecule has 0 spiro atoms. The zero-order chi connectivity index (χ0) is 14.3. The monoisotopic (exact) mass is 270 g/mol. The topological polar surface area (TPSA) is 6.48 Å². The molecule has 0 rings (SSSR count). The molecule has 0 atom stereocenters. The highest BCUT2D eigenvalue weighted by Gasteiger charge is 1.99. The second-order valence-electron chi connectivity index (χ2n) is 5.53. The molecule has 0 aromatic heterocycles. The quantitative estimate of drug-likeness (QED) is 0.432. The summed E-state index contributed by atoms with van der Waals surface area (Å²) in [5.41, 5.74) is 0. The van der Waals surface area contributed by atoms with E-state index in [9.17, 15) is 0 Å². The van der Waals surface area contributed by atoms with E-state index in [0.29, 0.717) is 0 Å². The van der Waals surface area contributed by atoms with Crippen LogP contribution in [-0.4, -0.2) is 49.1 Å². The second-order valence-corrected chi connectivity index (χ2v) is 5.53. The van der Waals surface area contributed by atoms with E-state index in [1.165, 1.54) is 84.2 Å². The lowest BCUT2D eigenvalue weighted by molar-refractivity contribution is 0.291. The van der Waals surface area contributed by atoms with E-state index < -0.39 is 0 Å². The fourth-order valence-electron chi connectivity index (χ4n) is 2.63. The summed E-state index contributed by atoms with van der Waals surface area (Å²) in [4.78, 5) is 5.06. The Hall–Kier alpha value is -0.0800. The molecule has 2 nitrogen and oxygen atoms in total. The number of hydrogen-bond donors (Lipinski definition) is 0. The van der Waals surface area contributed by atoms with Gasteiger partial charge in [0.25, 0.3) is 0 Å². The molecule has 0 N–H and O–H groups in total. The van der Waals surface area contributed by atoms with E-state index >= 15 is 0 Å². The Morgan fingerprint density at radius 3 is 0.947 bits per heavy atom. The lowest BCUT2D eigenvalue weighted by atomic mass is 10.1. The van der Waals surface area contributed by atoms with Gasteiger partial charge in [-0.2, -0.15) is 0 Å². The molecule has 2 heteroatoms. The van der Waals surface area contributed by atoms with Crippen LogP contribution in [0, 0.1) is 0 Å². The normalized spacial score (nSPS) is 11.7. The minimum atomic E-state index is 1.21. The molecule has 0 aliphatic heterocycles. The predicted octanol–water partition coefficient (Wildman–Crippen LogP) is 4.40. The molecule has 0 saturated carbocycles. The minimum absolute atomic E-state index is 1.21. The van der Waals surface area contributed by atoms with Crippen LogP contribution < -0.4 is 0 Å². The summed E-state index contributed by atoms with van der Waals surface area (Å²) < 4.78 is 0. The van der Waals surface area contributed by atoms with Crippen LogP contribution in [0.3, 0.4) is 0 Å². The lowest BCUT2D eigenvalue weighted by Gasteiger charge is -2.18. The second kappa shape index (κ2) is 14.3. The molecule has 0 bridgehead atoms. The van der Waals surface area contributed by atoms with Crippen molar-refractivity contribution in [2.45, 2.75) is 72.6 Å². The van der Waals surface area contributed by atoms with Crippen LogP contribution in [-0.2, 0) is 0 Å². The molecule has 116 valence electrons. The molecule has 0 heterocycles. The molecular formula is C17H38N2. The maximum atomic E-state index is 2.53. The lowest BCUT2D eigenvalue weighted by Crippen LogP contribution is -2.23. The van der Waals surface area contributed by atoms with Crippen molar-refractivity contribution in [2.24, 2.45) is 0 Å². The van der Waals surface area contributed by atoms with Gasteiger partial charge in [-0.15, -0.1) is 0 Å². The van der Waals surface area contributed by atoms with Gasteiger partial charge >= 0.3 is 0 Å². The smallest absolute Gasteiger partial charge is 0.00190 e.